The quantitative estimate of drug-likeness (QED) is 0.796. The van der Waals surface area contributed by atoms with Crippen molar-refractivity contribution < 1.29 is 23.1 Å². The Morgan fingerprint density at radius 3 is 2.48 bits per heavy atom. The smallest absolute Gasteiger partial charge is 0.326 e. The van der Waals surface area contributed by atoms with Gasteiger partial charge in [-0.25, -0.2) is 13.2 Å². The highest BCUT2D eigenvalue weighted by atomic mass is 32.2. The van der Waals surface area contributed by atoms with Crippen molar-refractivity contribution in [1.82, 2.24) is 5.32 Å². The maximum absolute atomic E-state index is 12.4. The van der Waals surface area contributed by atoms with Gasteiger partial charge in [-0.1, -0.05) is 13.8 Å². The third kappa shape index (κ3) is 4.50. The van der Waals surface area contributed by atoms with Crippen LogP contribution in [-0.4, -0.2) is 43.7 Å². The number of carboxylic acids is 1. The molecule has 1 amide bonds. The number of hydrogen-bond acceptors (Lipinski definition) is 4. The molecule has 1 saturated heterocycles. The number of carbonyl (C=O) groups excluding carboxylic acids is 1. The zero-order valence-corrected chi connectivity index (χ0v) is 15.5. The Labute approximate surface area is 148 Å². The lowest BCUT2D eigenvalue weighted by molar-refractivity contribution is -0.139. The number of hydrogen-bond donors (Lipinski definition) is 2. The Balaban J connectivity index is 2.20. The number of aryl methyl sites for hydroxylation is 1. The van der Waals surface area contributed by atoms with Crippen molar-refractivity contribution in [3.05, 3.63) is 29.3 Å². The summed E-state index contributed by atoms with van der Waals surface area (Å²) in [6.45, 7) is 5.92. The molecule has 0 aliphatic carbocycles. The molecule has 8 heteroatoms. The average Bonchev–Trinajstić information content (AvgIpc) is 2.85. The van der Waals surface area contributed by atoms with Gasteiger partial charge in [0.25, 0.3) is 5.91 Å². The van der Waals surface area contributed by atoms with Crippen LogP contribution >= 0.6 is 0 Å². The predicted molar refractivity (Wildman–Crippen MR) is 95.3 cm³/mol. The van der Waals surface area contributed by atoms with Crippen molar-refractivity contribution >= 4 is 27.6 Å². The second-order valence-electron chi connectivity index (χ2n) is 6.73. The molecule has 2 N–H and O–H groups in total. The molecule has 0 aromatic heterocycles. The maximum atomic E-state index is 12.4. The van der Waals surface area contributed by atoms with E-state index in [1.54, 1.807) is 25.1 Å². The molecule has 25 heavy (non-hydrogen) atoms. The number of anilines is 1. The van der Waals surface area contributed by atoms with Gasteiger partial charge in [0.15, 0.2) is 0 Å². The van der Waals surface area contributed by atoms with Crippen LogP contribution in [-0.2, 0) is 14.8 Å². The summed E-state index contributed by atoms with van der Waals surface area (Å²) in [6.07, 6.45) is 0.920. The van der Waals surface area contributed by atoms with E-state index in [9.17, 15) is 23.1 Å². The van der Waals surface area contributed by atoms with E-state index >= 15 is 0 Å². The molecule has 0 unspecified atom stereocenters. The molecular weight excluding hydrogens is 344 g/mol. The van der Waals surface area contributed by atoms with Gasteiger partial charge < -0.3 is 10.4 Å². The van der Waals surface area contributed by atoms with Gasteiger partial charge in [-0.2, -0.15) is 0 Å². The summed E-state index contributed by atoms with van der Waals surface area (Å²) in [4.78, 5) is 23.7. The fourth-order valence-electron chi connectivity index (χ4n) is 2.92. The summed E-state index contributed by atoms with van der Waals surface area (Å²) in [7, 11) is -3.28. The standard InChI is InChI=1S/C17H24N2O5S/c1-11(2)9-15(17(21)22)18-16(20)14-6-5-13(10-12(14)3)19-7-4-8-25(19,23)24/h5-6,10-11,15H,4,7-9H2,1-3H3,(H,18,20)(H,21,22)/t15-/m1/s1. The maximum Gasteiger partial charge on any atom is 0.326 e. The highest BCUT2D eigenvalue weighted by Gasteiger charge is 2.29. The number of carboxylic acid groups (broad SMARTS) is 1. The molecule has 7 nitrogen and oxygen atoms in total. The molecule has 0 spiro atoms. The third-order valence-corrected chi connectivity index (χ3v) is 6.02. The van der Waals surface area contributed by atoms with Crippen LogP contribution in [0, 0.1) is 12.8 Å². The number of benzene rings is 1. The number of carbonyl (C=O) groups is 2. The van der Waals surface area contributed by atoms with E-state index in [0.29, 0.717) is 36.2 Å². The fraction of sp³-hybridized carbons (Fsp3) is 0.529. The van der Waals surface area contributed by atoms with Crippen molar-refractivity contribution in [3.63, 3.8) is 0 Å². The summed E-state index contributed by atoms with van der Waals surface area (Å²) < 4.78 is 25.3. The Hall–Kier alpha value is -2.09. The van der Waals surface area contributed by atoms with Crippen LogP contribution in [0.3, 0.4) is 0 Å². The molecule has 1 aromatic rings. The lowest BCUT2D eigenvalue weighted by Crippen LogP contribution is -2.41. The lowest BCUT2D eigenvalue weighted by Gasteiger charge is -2.20. The molecule has 1 heterocycles. The molecule has 1 aliphatic rings. The van der Waals surface area contributed by atoms with Crippen molar-refractivity contribution in [1.29, 1.82) is 0 Å². The normalized spacial score (nSPS) is 17.5. The number of nitrogens with one attached hydrogen (secondary N) is 1. The van der Waals surface area contributed by atoms with Gasteiger partial charge in [-0.15, -0.1) is 0 Å². The van der Waals surface area contributed by atoms with Crippen LogP contribution in [0.25, 0.3) is 0 Å². The number of rotatable bonds is 6. The first-order valence-electron chi connectivity index (χ1n) is 8.26. The molecule has 1 atom stereocenters. The van der Waals surface area contributed by atoms with Crippen molar-refractivity contribution in [2.24, 2.45) is 5.92 Å². The van der Waals surface area contributed by atoms with Gasteiger partial charge in [0.2, 0.25) is 10.0 Å². The number of aliphatic carboxylic acids is 1. The van der Waals surface area contributed by atoms with Gasteiger partial charge in [0.05, 0.1) is 11.4 Å². The monoisotopic (exact) mass is 368 g/mol. The Morgan fingerprint density at radius 2 is 2.00 bits per heavy atom. The van der Waals surface area contributed by atoms with Crippen LogP contribution in [0.4, 0.5) is 5.69 Å². The van der Waals surface area contributed by atoms with Crippen molar-refractivity contribution in [3.8, 4) is 0 Å². The van der Waals surface area contributed by atoms with Crippen LogP contribution in [0.1, 0.15) is 42.6 Å². The topological polar surface area (TPSA) is 104 Å². The average molecular weight is 368 g/mol. The summed E-state index contributed by atoms with van der Waals surface area (Å²) in [5.41, 5.74) is 1.48. The molecule has 138 valence electrons. The van der Waals surface area contributed by atoms with Crippen molar-refractivity contribution in [2.45, 2.75) is 39.7 Å². The van der Waals surface area contributed by atoms with E-state index in [2.05, 4.69) is 5.32 Å². The molecule has 2 rings (SSSR count). The van der Waals surface area contributed by atoms with E-state index in [1.165, 1.54) is 4.31 Å². The SMILES string of the molecule is Cc1cc(N2CCCS2(=O)=O)ccc1C(=O)N[C@H](CC(C)C)C(=O)O. The highest BCUT2D eigenvalue weighted by molar-refractivity contribution is 7.93. The fourth-order valence-corrected chi connectivity index (χ4v) is 4.47. The largest absolute Gasteiger partial charge is 0.480 e. The molecule has 1 fully saturated rings. The first kappa shape index (κ1) is 19.2. The molecule has 0 bridgehead atoms. The Morgan fingerprint density at radius 1 is 1.32 bits per heavy atom. The van der Waals surface area contributed by atoms with Gasteiger partial charge in [-0.3, -0.25) is 9.10 Å². The lowest BCUT2D eigenvalue weighted by atomic mass is 10.0. The van der Waals surface area contributed by atoms with E-state index in [0.717, 1.165) is 0 Å². The van der Waals surface area contributed by atoms with E-state index in [4.69, 9.17) is 0 Å². The minimum atomic E-state index is -3.28. The van der Waals surface area contributed by atoms with Crippen LogP contribution in [0.15, 0.2) is 18.2 Å². The minimum Gasteiger partial charge on any atom is -0.480 e. The van der Waals surface area contributed by atoms with Crippen LogP contribution < -0.4 is 9.62 Å². The predicted octanol–water partition coefficient (Wildman–Crippen LogP) is 1.76. The number of sulfonamides is 1. The summed E-state index contributed by atoms with van der Waals surface area (Å²) in [6, 6.07) is 3.83. The first-order valence-corrected chi connectivity index (χ1v) is 9.87. The Kier molecular flexibility index (Phi) is 5.72. The molecule has 1 aliphatic heterocycles. The summed E-state index contributed by atoms with van der Waals surface area (Å²) in [5.74, 6) is -1.28. The molecule has 1 aromatic carbocycles. The highest BCUT2D eigenvalue weighted by Crippen LogP contribution is 2.26. The summed E-state index contributed by atoms with van der Waals surface area (Å²) >= 11 is 0. The zero-order valence-electron chi connectivity index (χ0n) is 14.7. The van der Waals surface area contributed by atoms with Crippen LogP contribution in [0.5, 0.6) is 0 Å². The molecule has 0 radical (unpaired) electrons. The second kappa shape index (κ2) is 7.43. The number of amides is 1. The van der Waals surface area contributed by atoms with Gasteiger partial charge in [0, 0.05) is 12.1 Å². The van der Waals surface area contributed by atoms with Crippen LogP contribution in [0.2, 0.25) is 0 Å². The van der Waals surface area contributed by atoms with Crippen molar-refractivity contribution in [2.75, 3.05) is 16.6 Å². The second-order valence-corrected chi connectivity index (χ2v) is 8.75. The molecule has 0 saturated carbocycles. The zero-order chi connectivity index (χ0) is 18.8. The number of nitrogens with zero attached hydrogens (tertiary/aromatic N) is 1. The van der Waals surface area contributed by atoms with E-state index < -0.39 is 27.9 Å². The third-order valence-electron chi connectivity index (χ3n) is 4.15. The van der Waals surface area contributed by atoms with E-state index in [1.807, 2.05) is 13.8 Å². The van der Waals surface area contributed by atoms with E-state index in [-0.39, 0.29) is 11.7 Å². The van der Waals surface area contributed by atoms with Gasteiger partial charge in [0.1, 0.15) is 6.04 Å². The Bertz CT molecular complexity index is 773. The van der Waals surface area contributed by atoms with Gasteiger partial charge in [-0.05, 0) is 49.4 Å². The molecular formula is C17H24N2O5S. The van der Waals surface area contributed by atoms with Gasteiger partial charge >= 0.3 is 5.97 Å². The summed E-state index contributed by atoms with van der Waals surface area (Å²) in [5, 5.41) is 11.8. The first-order chi connectivity index (χ1) is 11.6. The minimum absolute atomic E-state index is 0.129.